The second-order valence-electron chi connectivity index (χ2n) is 14.5. The van der Waals surface area contributed by atoms with Crippen molar-refractivity contribution in [2.75, 3.05) is 32.8 Å². The summed E-state index contributed by atoms with van der Waals surface area (Å²) in [7, 11) is 0. The molecule has 1 aliphatic carbocycles. The molecule has 5 rings (SSSR count). The fourth-order valence-corrected chi connectivity index (χ4v) is 6.83. The molecule has 3 aromatic rings. The van der Waals surface area contributed by atoms with E-state index in [0.29, 0.717) is 19.3 Å². The molecule has 0 spiro atoms. The number of aryl methyl sites for hydroxylation is 1. The molecule has 3 aromatic carbocycles. The number of alkyl carbamates (subject to hydrolysis) is 1. The fraction of sp³-hybridized carbons (Fsp3) is 0.500. The molecule has 1 aliphatic heterocycles. The van der Waals surface area contributed by atoms with Crippen LogP contribution in [0.2, 0.25) is 0 Å². The Labute approximate surface area is 291 Å². The summed E-state index contributed by atoms with van der Waals surface area (Å²) in [5.74, 6) is -0.869. The van der Waals surface area contributed by atoms with Crippen LogP contribution >= 0.6 is 0 Å². The summed E-state index contributed by atoms with van der Waals surface area (Å²) >= 11 is 0. The monoisotopic (exact) mass is 671 g/mol. The molecule has 264 valence electrons. The topological polar surface area (TPSA) is 120 Å². The highest BCUT2D eigenvalue weighted by molar-refractivity contribution is 5.80. The highest BCUT2D eigenvalue weighted by Crippen LogP contribution is 2.32. The van der Waals surface area contributed by atoms with Crippen LogP contribution in [0.25, 0.3) is 0 Å². The van der Waals surface area contributed by atoms with Gasteiger partial charge in [0, 0.05) is 25.4 Å². The Kier molecular flexibility index (Phi) is 12.9. The summed E-state index contributed by atoms with van der Waals surface area (Å²) in [4.78, 5) is 29.4. The molecule has 9 heteroatoms. The molecule has 2 aliphatic rings. The van der Waals surface area contributed by atoms with Crippen LogP contribution in [0.15, 0.2) is 78.9 Å². The van der Waals surface area contributed by atoms with Gasteiger partial charge in [0.05, 0.1) is 37.5 Å². The van der Waals surface area contributed by atoms with E-state index < -0.39 is 41.9 Å². The molecule has 2 amide bonds. The number of morpholine rings is 1. The molecule has 0 aromatic heterocycles. The number of aliphatic hydroxyl groups is 2. The Hall–Kier alpha value is -3.76. The van der Waals surface area contributed by atoms with E-state index in [9.17, 15) is 19.8 Å². The zero-order valence-corrected chi connectivity index (χ0v) is 29.1. The number of nitrogens with zero attached hydrogens (tertiary/aromatic N) is 1. The largest absolute Gasteiger partial charge is 0.444 e. The van der Waals surface area contributed by atoms with E-state index in [4.69, 9.17) is 9.47 Å². The third kappa shape index (κ3) is 11.1. The zero-order chi connectivity index (χ0) is 34.8. The molecular weight excluding hydrogens is 618 g/mol. The highest BCUT2D eigenvalue weighted by Gasteiger charge is 2.35. The highest BCUT2D eigenvalue weighted by atomic mass is 16.6. The Morgan fingerprint density at radius 3 is 2.29 bits per heavy atom. The molecular formula is C40H53N3O6. The van der Waals surface area contributed by atoms with Crippen LogP contribution in [0.4, 0.5) is 4.79 Å². The molecule has 0 saturated carbocycles. The van der Waals surface area contributed by atoms with Gasteiger partial charge < -0.3 is 30.3 Å². The number of fused-ring (bicyclic) bond motifs is 1. The molecule has 9 nitrogen and oxygen atoms in total. The number of rotatable bonds is 14. The van der Waals surface area contributed by atoms with Crippen molar-refractivity contribution in [3.8, 4) is 0 Å². The van der Waals surface area contributed by atoms with Gasteiger partial charge in [-0.05, 0) is 87.2 Å². The van der Waals surface area contributed by atoms with Crippen LogP contribution in [0.3, 0.4) is 0 Å². The lowest BCUT2D eigenvalue weighted by Crippen LogP contribution is -2.48. The van der Waals surface area contributed by atoms with E-state index in [1.54, 1.807) is 20.8 Å². The maximum Gasteiger partial charge on any atom is 0.407 e. The maximum absolute atomic E-state index is 14.1. The Balaban J connectivity index is 1.31. The van der Waals surface area contributed by atoms with Gasteiger partial charge in [-0.2, -0.15) is 0 Å². The standard InChI is InChI=1S/C40H53N3O6/c1-40(2,3)49-39(47)41-34(25-29-10-5-4-6-11-29)35(44)27-32(38(46)42-37-33-14-8-7-13-31(33)26-36(37)45)24-30-17-15-28(16-18-30)12-9-19-43-20-22-48-23-21-43/h4-8,10-11,13-18,32,34-37,44-45H,9,12,19-27H2,1-3H3,(H,41,47)(H,42,46)/t32-,34-,35-,36+,37-/m0/s1. The first-order chi connectivity index (χ1) is 23.5. The number of aliphatic hydroxyl groups excluding tert-OH is 2. The predicted molar refractivity (Wildman–Crippen MR) is 190 cm³/mol. The van der Waals surface area contributed by atoms with E-state index in [1.165, 1.54) is 5.56 Å². The van der Waals surface area contributed by atoms with Gasteiger partial charge in [0.2, 0.25) is 5.91 Å². The lowest BCUT2D eigenvalue weighted by molar-refractivity contribution is -0.127. The van der Waals surface area contributed by atoms with Crippen LogP contribution in [-0.4, -0.2) is 83.8 Å². The number of hydrogen-bond donors (Lipinski definition) is 4. The van der Waals surface area contributed by atoms with Crippen molar-refractivity contribution in [2.24, 2.45) is 5.92 Å². The van der Waals surface area contributed by atoms with Crippen molar-refractivity contribution < 1.29 is 29.3 Å². The molecule has 5 atom stereocenters. The van der Waals surface area contributed by atoms with Crippen LogP contribution in [-0.2, 0) is 40.0 Å². The molecule has 4 N–H and O–H groups in total. The van der Waals surface area contributed by atoms with Gasteiger partial charge in [0.25, 0.3) is 0 Å². The summed E-state index contributed by atoms with van der Waals surface area (Å²) in [6.07, 6.45) is 0.961. The van der Waals surface area contributed by atoms with Crippen molar-refractivity contribution in [3.63, 3.8) is 0 Å². The quantitative estimate of drug-likeness (QED) is 0.195. The summed E-state index contributed by atoms with van der Waals surface area (Å²) < 4.78 is 11.0. The first-order valence-electron chi connectivity index (χ1n) is 17.7. The molecule has 49 heavy (non-hydrogen) atoms. The summed E-state index contributed by atoms with van der Waals surface area (Å²) in [5, 5.41) is 28.6. The number of ether oxygens (including phenoxy) is 2. The zero-order valence-electron chi connectivity index (χ0n) is 29.1. The second-order valence-corrected chi connectivity index (χ2v) is 14.5. The first kappa shape index (κ1) is 36.5. The number of benzene rings is 3. The van der Waals surface area contributed by atoms with Crippen molar-refractivity contribution in [1.82, 2.24) is 15.5 Å². The smallest absolute Gasteiger partial charge is 0.407 e. The maximum atomic E-state index is 14.1. The third-order valence-electron chi connectivity index (χ3n) is 9.41. The number of hydrogen-bond acceptors (Lipinski definition) is 7. The van der Waals surface area contributed by atoms with Gasteiger partial charge in [0.15, 0.2) is 0 Å². The Morgan fingerprint density at radius 1 is 0.918 bits per heavy atom. The lowest BCUT2D eigenvalue weighted by atomic mass is 9.88. The van der Waals surface area contributed by atoms with Crippen LogP contribution in [0, 0.1) is 5.92 Å². The molecule has 1 saturated heterocycles. The normalized spacial score (nSPS) is 19.8. The van der Waals surface area contributed by atoms with Crippen LogP contribution in [0.1, 0.15) is 67.5 Å². The van der Waals surface area contributed by atoms with E-state index in [1.807, 2.05) is 54.6 Å². The van der Waals surface area contributed by atoms with Crippen LogP contribution < -0.4 is 10.6 Å². The summed E-state index contributed by atoms with van der Waals surface area (Å²) in [6.45, 7) is 9.99. The average Bonchev–Trinajstić information content (AvgIpc) is 3.39. The summed E-state index contributed by atoms with van der Waals surface area (Å²) in [6, 6.07) is 24.6. The van der Waals surface area contributed by atoms with Gasteiger partial charge >= 0.3 is 6.09 Å². The number of carbonyl (C=O) groups is 2. The molecule has 0 unspecified atom stereocenters. The number of nitrogens with one attached hydrogen (secondary N) is 2. The molecule has 0 radical (unpaired) electrons. The number of amides is 2. The van der Waals surface area contributed by atoms with E-state index >= 15 is 0 Å². The lowest BCUT2D eigenvalue weighted by Gasteiger charge is -2.30. The van der Waals surface area contributed by atoms with E-state index in [-0.39, 0.29) is 12.3 Å². The predicted octanol–water partition coefficient (Wildman–Crippen LogP) is 4.77. The average molecular weight is 672 g/mol. The first-order valence-corrected chi connectivity index (χ1v) is 17.7. The van der Waals surface area contributed by atoms with Crippen molar-refractivity contribution >= 4 is 12.0 Å². The minimum Gasteiger partial charge on any atom is -0.444 e. The van der Waals surface area contributed by atoms with Gasteiger partial charge in [-0.25, -0.2) is 4.79 Å². The fourth-order valence-electron chi connectivity index (χ4n) is 6.83. The van der Waals surface area contributed by atoms with Crippen molar-refractivity contribution in [3.05, 3.63) is 107 Å². The van der Waals surface area contributed by atoms with E-state index in [2.05, 4.69) is 39.8 Å². The van der Waals surface area contributed by atoms with Gasteiger partial charge in [-0.15, -0.1) is 0 Å². The van der Waals surface area contributed by atoms with E-state index in [0.717, 1.165) is 67.9 Å². The molecule has 1 fully saturated rings. The van der Waals surface area contributed by atoms with Crippen molar-refractivity contribution in [1.29, 1.82) is 0 Å². The van der Waals surface area contributed by atoms with Crippen molar-refractivity contribution in [2.45, 2.75) is 89.2 Å². The third-order valence-corrected chi connectivity index (χ3v) is 9.41. The van der Waals surface area contributed by atoms with Gasteiger partial charge in [-0.1, -0.05) is 78.9 Å². The minimum atomic E-state index is -1.05. The van der Waals surface area contributed by atoms with Crippen LogP contribution in [0.5, 0.6) is 0 Å². The Bertz CT molecular complexity index is 1490. The second kappa shape index (κ2) is 17.3. The SMILES string of the molecule is CC(C)(C)OC(=O)N[C@@H](Cc1ccccc1)[C@@H](O)C[C@H](Cc1ccc(CCCN2CCOCC2)cc1)C(=O)N[C@H]1c2ccccc2C[C@H]1O. The van der Waals surface area contributed by atoms with Gasteiger partial charge in [0.1, 0.15) is 5.60 Å². The minimum absolute atomic E-state index is 0.102. The molecule has 0 bridgehead atoms. The molecule has 1 heterocycles. The summed E-state index contributed by atoms with van der Waals surface area (Å²) in [5.41, 5.74) is 4.40. The van der Waals surface area contributed by atoms with Gasteiger partial charge in [-0.3, -0.25) is 9.69 Å². The Morgan fingerprint density at radius 2 is 1.57 bits per heavy atom. The number of carbonyl (C=O) groups excluding carboxylic acids is 2.